The SMILES string of the molecule is CCc1c(Sc2cc(Cl)cc(Cl)c2)c(C(=O)O)nn1CCO. The largest absolute Gasteiger partial charge is 0.476 e. The van der Waals surface area contributed by atoms with Crippen LogP contribution in [-0.2, 0) is 13.0 Å². The summed E-state index contributed by atoms with van der Waals surface area (Å²) in [4.78, 5) is 12.7. The van der Waals surface area contributed by atoms with E-state index in [1.807, 2.05) is 6.92 Å². The number of hydrogen-bond donors (Lipinski definition) is 2. The number of aromatic nitrogens is 2. The maximum atomic E-state index is 11.4. The van der Waals surface area contributed by atoms with Crippen molar-refractivity contribution in [3.8, 4) is 0 Å². The summed E-state index contributed by atoms with van der Waals surface area (Å²) in [5, 5.41) is 23.5. The van der Waals surface area contributed by atoms with Crippen molar-refractivity contribution in [3.63, 3.8) is 0 Å². The van der Waals surface area contributed by atoms with E-state index in [-0.39, 0.29) is 18.8 Å². The highest BCUT2D eigenvalue weighted by atomic mass is 35.5. The Morgan fingerprint density at radius 2 is 1.95 bits per heavy atom. The number of aromatic carboxylic acids is 1. The molecule has 0 fully saturated rings. The van der Waals surface area contributed by atoms with Gasteiger partial charge >= 0.3 is 5.97 Å². The first-order valence-corrected chi connectivity index (χ1v) is 8.11. The van der Waals surface area contributed by atoms with Crippen LogP contribution in [0.15, 0.2) is 28.0 Å². The minimum absolute atomic E-state index is 0.0357. The highest BCUT2D eigenvalue weighted by molar-refractivity contribution is 7.99. The number of aliphatic hydroxyl groups excluding tert-OH is 1. The van der Waals surface area contributed by atoms with Crippen LogP contribution in [0.1, 0.15) is 23.1 Å². The molecule has 5 nitrogen and oxygen atoms in total. The lowest BCUT2D eigenvalue weighted by atomic mass is 10.3. The number of carboxylic acid groups (broad SMARTS) is 1. The standard InChI is InChI=1S/C14H14Cl2N2O3S/c1-2-11-13(12(14(20)21)17-18(11)3-4-19)22-10-6-8(15)5-9(16)7-10/h5-7,19H,2-4H2,1H3,(H,20,21). The lowest BCUT2D eigenvalue weighted by Crippen LogP contribution is -2.08. The normalized spacial score (nSPS) is 10.9. The number of carboxylic acids is 1. The molecule has 2 rings (SSSR count). The van der Waals surface area contributed by atoms with Gasteiger partial charge in [0.1, 0.15) is 0 Å². The first-order valence-electron chi connectivity index (χ1n) is 6.54. The predicted octanol–water partition coefficient (Wildman–Crippen LogP) is 3.59. The summed E-state index contributed by atoms with van der Waals surface area (Å²) in [6.07, 6.45) is 0.594. The zero-order valence-electron chi connectivity index (χ0n) is 11.7. The summed E-state index contributed by atoms with van der Waals surface area (Å²) in [6.45, 7) is 2.05. The van der Waals surface area contributed by atoms with Crippen molar-refractivity contribution in [1.82, 2.24) is 9.78 Å². The average molecular weight is 361 g/mol. The number of rotatable bonds is 6. The quantitative estimate of drug-likeness (QED) is 0.822. The molecule has 0 amide bonds. The van der Waals surface area contributed by atoms with Crippen LogP contribution in [0.25, 0.3) is 0 Å². The van der Waals surface area contributed by atoms with Gasteiger partial charge in [-0.25, -0.2) is 4.79 Å². The summed E-state index contributed by atoms with van der Waals surface area (Å²) in [5.41, 5.74) is 0.721. The summed E-state index contributed by atoms with van der Waals surface area (Å²) in [5.74, 6) is -1.11. The molecule has 22 heavy (non-hydrogen) atoms. The first-order chi connectivity index (χ1) is 10.5. The molecule has 2 N–H and O–H groups in total. The molecule has 1 heterocycles. The van der Waals surface area contributed by atoms with Crippen molar-refractivity contribution >= 4 is 40.9 Å². The zero-order chi connectivity index (χ0) is 16.3. The lowest BCUT2D eigenvalue weighted by molar-refractivity contribution is 0.0685. The number of carbonyl (C=O) groups is 1. The number of hydrogen-bond acceptors (Lipinski definition) is 4. The van der Waals surface area contributed by atoms with E-state index in [0.29, 0.717) is 21.4 Å². The van der Waals surface area contributed by atoms with E-state index in [1.54, 1.807) is 18.2 Å². The van der Waals surface area contributed by atoms with Crippen LogP contribution >= 0.6 is 35.0 Å². The molecule has 118 valence electrons. The Bertz CT molecular complexity index is 683. The van der Waals surface area contributed by atoms with Crippen LogP contribution in [0.2, 0.25) is 10.0 Å². The summed E-state index contributed by atoms with van der Waals surface area (Å²) < 4.78 is 1.53. The van der Waals surface area contributed by atoms with Gasteiger partial charge in [0, 0.05) is 14.9 Å². The zero-order valence-corrected chi connectivity index (χ0v) is 14.0. The summed E-state index contributed by atoms with van der Waals surface area (Å²) >= 11 is 13.2. The summed E-state index contributed by atoms with van der Waals surface area (Å²) in [7, 11) is 0. The van der Waals surface area contributed by atoms with Crippen molar-refractivity contribution in [2.24, 2.45) is 0 Å². The summed E-state index contributed by atoms with van der Waals surface area (Å²) in [6, 6.07) is 5.04. The third-order valence-corrected chi connectivity index (χ3v) is 4.46. The molecule has 0 aliphatic rings. The van der Waals surface area contributed by atoms with Crippen LogP contribution in [0, 0.1) is 0 Å². The highest BCUT2D eigenvalue weighted by Crippen LogP contribution is 2.36. The Balaban J connectivity index is 2.49. The Morgan fingerprint density at radius 3 is 2.45 bits per heavy atom. The van der Waals surface area contributed by atoms with E-state index in [1.165, 1.54) is 16.4 Å². The first kappa shape index (κ1) is 17.1. The fraction of sp³-hybridized carbons (Fsp3) is 0.286. The van der Waals surface area contributed by atoms with Gasteiger partial charge < -0.3 is 10.2 Å². The molecule has 0 aliphatic heterocycles. The molecule has 0 atom stereocenters. The van der Waals surface area contributed by atoms with Crippen LogP contribution < -0.4 is 0 Å². The second kappa shape index (κ2) is 7.37. The van der Waals surface area contributed by atoms with Gasteiger partial charge in [-0.1, -0.05) is 41.9 Å². The second-order valence-corrected chi connectivity index (χ2v) is 6.39. The minimum atomic E-state index is -1.11. The van der Waals surface area contributed by atoms with Crippen molar-refractivity contribution in [2.45, 2.75) is 29.7 Å². The lowest BCUT2D eigenvalue weighted by Gasteiger charge is -2.07. The average Bonchev–Trinajstić information content (AvgIpc) is 2.76. The molecule has 8 heteroatoms. The monoisotopic (exact) mass is 360 g/mol. The minimum Gasteiger partial charge on any atom is -0.476 e. The predicted molar refractivity (Wildman–Crippen MR) is 86.2 cm³/mol. The molecular formula is C14H14Cl2N2O3S. The van der Waals surface area contributed by atoms with Gasteiger partial charge in [-0.2, -0.15) is 5.10 Å². The van der Waals surface area contributed by atoms with Gasteiger partial charge in [-0.3, -0.25) is 4.68 Å². The Morgan fingerprint density at radius 1 is 1.32 bits per heavy atom. The molecule has 0 unspecified atom stereocenters. The maximum Gasteiger partial charge on any atom is 0.357 e. The van der Waals surface area contributed by atoms with E-state index in [4.69, 9.17) is 28.3 Å². The van der Waals surface area contributed by atoms with Crippen LogP contribution in [0.5, 0.6) is 0 Å². The molecule has 0 saturated carbocycles. The number of nitrogens with zero attached hydrogens (tertiary/aromatic N) is 2. The molecule has 0 aliphatic carbocycles. The van der Waals surface area contributed by atoms with Crippen molar-refractivity contribution in [1.29, 1.82) is 0 Å². The molecule has 0 spiro atoms. The Labute approximate surface area is 141 Å². The van der Waals surface area contributed by atoms with E-state index in [2.05, 4.69) is 5.10 Å². The third kappa shape index (κ3) is 3.76. The third-order valence-electron chi connectivity index (χ3n) is 2.91. The van der Waals surface area contributed by atoms with Gasteiger partial charge in [-0.15, -0.1) is 0 Å². The number of benzene rings is 1. The van der Waals surface area contributed by atoms with Gasteiger partial charge in [0.05, 0.1) is 23.7 Å². The van der Waals surface area contributed by atoms with E-state index in [9.17, 15) is 9.90 Å². The number of aliphatic hydroxyl groups is 1. The topological polar surface area (TPSA) is 75.3 Å². The van der Waals surface area contributed by atoms with Crippen molar-refractivity contribution < 1.29 is 15.0 Å². The van der Waals surface area contributed by atoms with Crippen molar-refractivity contribution in [3.05, 3.63) is 39.6 Å². The van der Waals surface area contributed by atoms with E-state index < -0.39 is 5.97 Å². The molecule has 0 radical (unpaired) electrons. The molecular weight excluding hydrogens is 347 g/mol. The molecule has 0 bridgehead atoms. The van der Waals surface area contributed by atoms with Crippen LogP contribution in [-0.4, -0.2) is 32.6 Å². The molecule has 1 aromatic heterocycles. The fourth-order valence-corrected chi connectivity index (χ4v) is 3.91. The van der Waals surface area contributed by atoms with Crippen LogP contribution in [0.3, 0.4) is 0 Å². The smallest absolute Gasteiger partial charge is 0.357 e. The highest BCUT2D eigenvalue weighted by Gasteiger charge is 2.22. The Kier molecular flexibility index (Phi) is 5.74. The van der Waals surface area contributed by atoms with E-state index in [0.717, 1.165) is 10.6 Å². The molecule has 1 aromatic carbocycles. The van der Waals surface area contributed by atoms with Crippen LogP contribution in [0.4, 0.5) is 0 Å². The number of halogens is 2. The maximum absolute atomic E-state index is 11.4. The second-order valence-electron chi connectivity index (χ2n) is 4.44. The van der Waals surface area contributed by atoms with Gasteiger partial charge in [-0.05, 0) is 24.6 Å². The van der Waals surface area contributed by atoms with Gasteiger partial charge in [0.2, 0.25) is 0 Å². The molecule has 2 aromatic rings. The van der Waals surface area contributed by atoms with Gasteiger partial charge in [0.15, 0.2) is 5.69 Å². The fourth-order valence-electron chi connectivity index (χ4n) is 2.06. The van der Waals surface area contributed by atoms with Gasteiger partial charge in [0.25, 0.3) is 0 Å². The van der Waals surface area contributed by atoms with Crippen molar-refractivity contribution in [2.75, 3.05) is 6.61 Å². The molecule has 0 saturated heterocycles. The Hall–Kier alpha value is -1.21. The van der Waals surface area contributed by atoms with E-state index >= 15 is 0 Å².